The number of hydrogen-bond acceptors (Lipinski definition) is 10. The van der Waals surface area contributed by atoms with Crippen LogP contribution >= 0.6 is 0 Å². The molecular weight excluding hydrogens is 359 g/mol. The first-order chi connectivity index (χ1) is 12.0. The van der Waals surface area contributed by atoms with Crippen LogP contribution in [0.25, 0.3) is 0 Å². The van der Waals surface area contributed by atoms with E-state index in [9.17, 15) is 28.7 Å². The molecule has 3 unspecified atom stereocenters. The average molecular weight is 380 g/mol. The van der Waals surface area contributed by atoms with Gasteiger partial charge < -0.3 is 28.8 Å². The van der Waals surface area contributed by atoms with Crippen LogP contribution in [0.15, 0.2) is 0 Å². The van der Waals surface area contributed by atoms with E-state index in [-0.39, 0.29) is 0 Å². The lowest BCUT2D eigenvalue weighted by Gasteiger charge is -2.43. The Labute approximate surface area is 148 Å². The molecule has 11 heteroatoms. The highest BCUT2D eigenvalue weighted by Gasteiger charge is 2.54. The Morgan fingerprint density at radius 2 is 1.35 bits per heavy atom. The lowest BCUT2D eigenvalue weighted by Crippen LogP contribution is -2.63. The second-order valence-electron chi connectivity index (χ2n) is 5.53. The Bertz CT molecular complexity index is 551. The lowest BCUT2D eigenvalue weighted by atomic mass is 9.95. The summed E-state index contributed by atoms with van der Waals surface area (Å²) in [7, 11) is 0. The van der Waals surface area contributed by atoms with E-state index in [0.717, 1.165) is 27.7 Å². The van der Waals surface area contributed by atoms with Crippen LogP contribution in [0.5, 0.6) is 0 Å². The summed E-state index contributed by atoms with van der Waals surface area (Å²) in [5.74, 6) is -3.32. The van der Waals surface area contributed by atoms with Gasteiger partial charge in [0, 0.05) is 27.7 Å². The van der Waals surface area contributed by atoms with E-state index in [0.29, 0.717) is 0 Å². The Morgan fingerprint density at radius 3 is 1.81 bits per heavy atom. The number of alkyl halides is 1. The predicted octanol–water partition coefficient (Wildman–Crippen LogP) is -0.600. The van der Waals surface area contributed by atoms with Crippen molar-refractivity contribution < 1.29 is 52.4 Å². The molecule has 1 rings (SSSR count). The molecule has 1 aliphatic heterocycles. The van der Waals surface area contributed by atoms with Gasteiger partial charge in [0.1, 0.15) is 12.7 Å². The van der Waals surface area contributed by atoms with Crippen LogP contribution in [0.2, 0.25) is 0 Å². The fourth-order valence-electron chi connectivity index (χ4n) is 2.40. The molecule has 1 heterocycles. The molecule has 0 bridgehead atoms. The van der Waals surface area contributed by atoms with E-state index >= 15 is 0 Å². The molecule has 0 saturated carbocycles. The van der Waals surface area contributed by atoms with Crippen molar-refractivity contribution >= 4 is 23.9 Å². The van der Waals surface area contributed by atoms with Crippen LogP contribution in [0.1, 0.15) is 27.7 Å². The van der Waals surface area contributed by atoms with Gasteiger partial charge in [0.2, 0.25) is 0 Å². The summed E-state index contributed by atoms with van der Waals surface area (Å²) in [4.78, 5) is 44.9. The van der Waals surface area contributed by atoms with Crippen molar-refractivity contribution in [2.45, 2.75) is 64.6 Å². The Balaban J connectivity index is 3.16. The lowest BCUT2D eigenvalue weighted by molar-refractivity contribution is -0.301. The van der Waals surface area contributed by atoms with Crippen molar-refractivity contribution in [2.75, 3.05) is 6.61 Å². The highest BCUT2D eigenvalue weighted by molar-refractivity contribution is 5.68. The van der Waals surface area contributed by atoms with E-state index in [1.54, 1.807) is 0 Å². The monoisotopic (exact) mass is 380 g/mol. The maximum atomic E-state index is 14.5. The number of hydrogen-bond donors (Lipinski definition) is 1. The largest absolute Gasteiger partial charge is 0.463 e. The van der Waals surface area contributed by atoms with Crippen LogP contribution in [0.4, 0.5) is 4.39 Å². The Hall–Kier alpha value is -2.27. The molecule has 0 spiro atoms. The summed E-state index contributed by atoms with van der Waals surface area (Å²) in [5.41, 5.74) is 0. The predicted molar refractivity (Wildman–Crippen MR) is 79.1 cm³/mol. The third-order valence-corrected chi connectivity index (χ3v) is 3.26. The summed E-state index contributed by atoms with van der Waals surface area (Å²) in [6.07, 6.45) is -10.2. The fourth-order valence-corrected chi connectivity index (χ4v) is 2.40. The highest BCUT2D eigenvalue weighted by Crippen LogP contribution is 2.30. The molecule has 1 aliphatic rings. The summed E-state index contributed by atoms with van der Waals surface area (Å²) >= 11 is 0. The van der Waals surface area contributed by atoms with Gasteiger partial charge in [0.25, 0.3) is 0 Å². The van der Waals surface area contributed by atoms with Crippen molar-refractivity contribution in [3.05, 3.63) is 0 Å². The molecular formula is C15H21FO10. The molecule has 0 aliphatic carbocycles. The molecule has 6 atom stereocenters. The van der Waals surface area contributed by atoms with Gasteiger partial charge in [-0.3, -0.25) is 19.2 Å². The molecule has 0 radical (unpaired) electrons. The van der Waals surface area contributed by atoms with Crippen LogP contribution in [0.3, 0.4) is 0 Å². The van der Waals surface area contributed by atoms with E-state index in [4.69, 9.17) is 18.9 Å². The number of halogens is 1. The van der Waals surface area contributed by atoms with Gasteiger partial charge in [-0.15, -0.1) is 0 Å². The second-order valence-corrected chi connectivity index (χ2v) is 5.53. The standard InChI is InChI=1S/C15H21FO10/c1-6(17)22-5-10(16)11-12(23-7(2)18)13(24-8(3)19)14(15(21)26-11)25-9(4)20/h10-15,21H,5H2,1-4H3/t10-,11?,12+,13?,14+,15?/m0/s1. The molecule has 1 saturated heterocycles. The number of aliphatic hydroxyl groups is 1. The molecule has 26 heavy (non-hydrogen) atoms. The van der Waals surface area contributed by atoms with Crippen molar-refractivity contribution in [3.8, 4) is 0 Å². The van der Waals surface area contributed by atoms with E-state index in [1.807, 2.05) is 0 Å². The Morgan fingerprint density at radius 1 is 0.885 bits per heavy atom. The number of aliphatic hydroxyl groups excluding tert-OH is 1. The number of carbonyl (C=O) groups excluding carboxylic acids is 4. The third-order valence-electron chi connectivity index (χ3n) is 3.26. The Kier molecular flexibility index (Phi) is 7.90. The van der Waals surface area contributed by atoms with Crippen molar-refractivity contribution in [2.24, 2.45) is 0 Å². The first kappa shape index (κ1) is 21.8. The highest BCUT2D eigenvalue weighted by atomic mass is 19.1. The topological polar surface area (TPSA) is 135 Å². The van der Waals surface area contributed by atoms with Gasteiger partial charge >= 0.3 is 23.9 Å². The van der Waals surface area contributed by atoms with E-state index in [1.165, 1.54) is 0 Å². The molecule has 10 nitrogen and oxygen atoms in total. The van der Waals surface area contributed by atoms with Crippen LogP contribution in [0, 0.1) is 0 Å². The average Bonchev–Trinajstić information content (AvgIpc) is 2.49. The second kappa shape index (κ2) is 9.43. The molecule has 1 N–H and O–H groups in total. The minimum absolute atomic E-state index is 0.754. The minimum atomic E-state index is -2.03. The summed E-state index contributed by atoms with van der Waals surface area (Å²) in [5, 5.41) is 10.0. The van der Waals surface area contributed by atoms with Gasteiger partial charge in [-0.05, 0) is 0 Å². The van der Waals surface area contributed by atoms with E-state index < -0.39 is 67.4 Å². The summed E-state index contributed by atoms with van der Waals surface area (Å²) in [6, 6.07) is 0. The first-order valence-electron chi connectivity index (χ1n) is 7.65. The van der Waals surface area contributed by atoms with Crippen LogP contribution < -0.4 is 0 Å². The molecule has 1 fully saturated rings. The number of carbonyl (C=O) groups is 4. The van der Waals surface area contributed by atoms with Gasteiger partial charge in [-0.25, -0.2) is 4.39 Å². The summed E-state index contributed by atoms with van der Waals surface area (Å²) in [6.45, 7) is 3.38. The molecule has 0 aromatic rings. The van der Waals surface area contributed by atoms with Crippen LogP contribution in [-0.2, 0) is 42.9 Å². The van der Waals surface area contributed by atoms with Gasteiger partial charge in [0.15, 0.2) is 30.8 Å². The van der Waals surface area contributed by atoms with Gasteiger partial charge in [0.05, 0.1) is 0 Å². The van der Waals surface area contributed by atoms with Crippen molar-refractivity contribution in [3.63, 3.8) is 0 Å². The zero-order chi connectivity index (χ0) is 20.0. The molecule has 0 aromatic carbocycles. The van der Waals surface area contributed by atoms with Crippen molar-refractivity contribution in [1.82, 2.24) is 0 Å². The fraction of sp³-hybridized carbons (Fsp3) is 0.733. The van der Waals surface area contributed by atoms with Gasteiger partial charge in [-0.1, -0.05) is 0 Å². The van der Waals surface area contributed by atoms with E-state index in [2.05, 4.69) is 4.74 Å². The molecule has 148 valence electrons. The number of rotatable bonds is 6. The SMILES string of the molecule is CC(=O)OC[C@H](F)C1OC(O)[C@H](OC(C)=O)C(OC(C)=O)[C@@H]1OC(C)=O. The number of esters is 4. The molecule has 0 aromatic heterocycles. The smallest absolute Gasteiger partial charge is 0.303 e. The van der Waals surface area contributed by atoms with Crippen molar-refractivity contribution in [1.29, 1.82) is 0 Å². The maximum Gasteiger partial charge on any atom is 0.303 e. The number of ether oxygens (including phenoxy) is 5. The zero-order valence-corrected chi connectivity index (χ0v) is 14.7. The first-order valence-corrected chi connectivity index (χ1v) is 7.65. The maximum absolute atomic E-state index is 14.5. The minimum Gasteiger partial charge on any atom is -0.463 e. The van der Waals surface area contributed by atoms with Crippen LogP contribution in [-0.4, -0.2) is 72.5 Å². The molecule has 0 amide bonds. The quantitative estimate of drug-likeness (QED) is 0.470. The third kappa shape index (κ3) is 6.23. The summed E-state index contributed by atoms with van der Waals surface area (Å²) < 4.78 is 38.9. The zero-order valence-electron chi connectivity index (χ0n) is 14.7. The normalized spacial score (nSPS) is 29.2. The van der Waals surface area contributed by atoms with Gasteiger partial charge in [-0.2, -0.15) is 0 Å².